The number of hydrogen-bond donors (Lipinski definition) is 0. The Kier molecular flexibility index (Phi) is 6.22. The molecular formula is C48H30N4. The first-order valence-electron chi connectivity index (χ1n) is 17.7. The van der Waals surface area contributed by atoms with E-state index >= 15 is 0 Å². The third-order valence-electron chi connectivity index (χ3n) is 10.5. The quantitative estimate of drug-likeness (QED) is 0.188. The van der Waals surface area contributed by atoms with Crippen molar-refractivity contribution in [1.82, 2.24) is 19.1 Å². The summed E-state index contributed by atoms with van der Waals surface area (Å²) < 4.78 is 4.75. The maximum Gasteiger partial charge on any atom is 0.165 e. The van der Waals surface area contributed by atoms with Gasteiger partial charge in [-0.15, -0.1) is 0 Å². The Morgan fingerprint density at radius 2 is 0.865 bits per heavy atom. The van der Waals surface area contributed by atoms with Crippen molar-refractivity contribution in [3.8, 4) is 33.9 Å². The summed E-state index contributed by atoms with van der Waals surface area (Å²) in [5.41, 5.74) is 11.6. The van der Waals surface area contributed by atoms with Crippen LogP contribution in [-0.2, 0) is 0 Å². The van der Waals surface area contributed by atoms with E-state index in [1.807, 2.05) is 24.3 Å². The zero-order valence-electron chi connectivity index (χ0n) is 28.1. The van der Waals surface area contributed by atoms with Crippen LogP contribution in [0.3, 0.4) is 0 Å². The molecule has 0 radical (unpaired) electrons. The summed E-state index contributed by atoms with van der Waals surface area (Å²) >= 11 is 0. The van der Waals surface area contributed by atoms with Crippen LogP contribution in [0.1, 0.15) is 0 Å². The average molecular weight is 663 g/mol. The number of para-hydroxylation sites is 3. The van der Waals surface area contributed by atoms with Crippen molar-refractivity contribution in [3.63, 3.8) is 0 Å². The molecule has 11 rings (SSSR count). The van der Waals surface area contributed by atoms with Crippen LogP contribution in [0.2, 0.25) is 0 Å². The highest BCUT2D eigenvalue weighted by Gasteiger charge is 2.23. The fourth-order valence-electron chi connectivity index (χ4n) is 8.04. The summed E-state index contributed by atoms with van der Waals surface area (Å²) in [5, 5.41) is 7.19. The smallest absolute Gasteiger partial charge is 0.165 e. The topological polar surface area (TPSA) is 35.6 Å². The van der Waals surface area contributed by atoms with Crippen molar-refractivity contribution >= 4 is 65.4 Å². The van der Waals surface area contributed by atoms with Crippen molar-refractivity contribution in [1.29, 1.82) is 0 Å². The van der Waals surface area contributed by atoms with E-state index in [0.29, 0.717) is 0 Å². The van der Waals surface area contributed by atoms with Gasteiger partial charge in [-0.2, -0.15) is 0 Å². The van der Waals surface area contributed by atoms with Crippen molar-refractivity contribution < 1.29 is 0 Å². The van der Waals surface area contributed by atoms with E-state index in [0.717, 1.165) is 50.3 Å². The van der Waals surface area contributed by atoms with E-state index in [4.69, 9.17) is 9.97 Å². The molecule has 0 saturated carbocycles. The van der Waals surface area contributed by atoms with E-state index in [1.54, 1.807) is 0 Å². The monoisotopic (exact) mass is 662 g/mol. The van der Waals surface area contributed by atoms with E-state index in [2.05, 4.69) is 167 Å². The highest BCUT2D eigenvalue weighted by atomic mass is 15.1. The summed E-state index contributed by atoms with van der Waals surface area (Å²) in [6.07, 6.45) is 0. The Labute approximate surface area is 299 Å². The molecule has 0 fully saturated rings. The van der Waals surface area contributed by atoms with Crippen LogP contribution in [0.15, 0.2) is 182 Å². The van der Waals surface area contributed by atoms with E-state index in [1.165, 1.54) is 49.0 Å². The van der Waals surface area contributed by atoms with E-state index in [-0.39, 0.29) is 0 Å². The van der Waals surface area contributed by atoms with Gasteiger partial charge in [0.25, 0.3) is 0 Å². The molecule has 3 aromatic heterocycles. The first-order chi connectivity index (χ1) is 25.8. The zero-order chi connectivity index (χ0) is 34.2. The minimum Gasteiger partial charge on any atom is -0.309 e. The summed E-state index contributed by atoms with van der Waals surface area (Å²) in [7, 11) is 0. The second-order valence-corrected chi connectivity index (χ2v) is 13.5. The average Bonchev–Trinajstić information content (AvgIpc) is 3.70. The molecule has 4 heteroatoms. The number of fused-ring (bicyclic) bond motifs is 8. The summed E-state index contributed by atoms with van der Waals surface area (Å²) in [6.45, 7) is 0. The first kappa shape index (κ1) is 28.8. The predicted molar refractivity (Wildman–Crippen MR) is 217 cm³/mol. The normalized spacial score (nSPS) is 11.8. The summed E-state index contributed by atoms with van der Waals surface area (Å²) in [5.74, 6) is 0.813. The van der Waals surface area contributed by atoms with Gasteiger partial charge in [0.1, 0.15) is 5.69 Å². The molecule has 11 aromatic rings. The van der Waals surface area contributed by atoms with Crippen LogP contribution >= 0.6 is 0 Å². The Morgan fingerprint density at radius 3 is 1.60 bits per heavy atom. The lowest BCUT2D eigenvalue weighted by atomic mass is 10.0. The van der Waals surface area contributed by atoms with Gasteiger partial charge in [-0.05, 0) is 82.6 Å². The van der Waals surface area contributed by atoms with Crippen molar-refractivity contribution in [2.45, 2.75) is 0 Å². The predicted octanol–water partition coefficient (Wildman–Crippen LogP) is 12.3. The number of aromatic nitrogens is 4. The first-order valence-corrected chi connectivity index (χ1v) is 17.7. The summed E-state index contributed by atoms with van der Waals surface area (Å²) in [6, 6.07) is 64.9. The molecule has 0 spiro atoms. The fourth-order valence-corrected chi connectivity index (χ4v) is 8.04. The molecule has 0 atom stereocenters. The Morgan fingerprint density at radius 1 is 0.327 bits per heavy atom. The molecule has 0 aliphatic carbocycles. The maximum absolute atomic E-state index is 5.42. The molecule has 0 aliphatic heterocycles. The van der Waals surface area contributed by atoms with Gasteiger partial charge in [0.05, 0.1) is 33.1 Å². The summed E-state index contributed by atoms with van der Waals surface area (Å²) in [4.78, 5) is 10.7. The molecule has 0 saturated heterocycles. The number of hydrogen-bond acceptors (Lipinski definition) is 2. The fraction of sp³-hybridized carbons (Fsp3) is 0. The van der Waals surface area contributed by atoms with Gasteiger partial charge in [-0.1, -0.05) is 121 Å². The molecule has 8 aromatic carbocycles. The minimum atomic E-state index is 0.813. The SMILES string of the molecule is c1ccc(-c2ccc3c(c2)c2cc4c5cc6ccccc6cc5n(-c5nc6ccccc6nc5-c5ccccc5)c4cc2n3-c2ccccc2)cc1. The maximum atomic E-state index is 5.42. The van der Waals surface area contributed by atoms with Gasteiger partial charge < -0.3 is 4.57 Å². The third kappa shape index (κ3) is 4.34. The van der Waals surface area contributed by atoms with Gasteiger partial charge in [-0.25, -0.2) is 9.97 Å². The lowest BCUT2D eigenvalue weighted by Crippen LogP contribution is -2.04. The van der Waals surface area contributed by atoms with Gasteiger partial charge in [-0.3, -0.25) is 4.57 Å². The Hall–Kier alpha value is -7.04. The molecular weight excluding hydrogens is 633 g/mol. The van der Waals surface area contributed by atoms with Crippen molar-refractivity contribution in [2.75, 3.05) is 0 Å². The highest BCUT2D eigenvalue weighted by Crippen LogP contribution is 2.42. The second-order valence-electron chi connectivity index (χ2n) is 13.5. The molecule has 4 nitrogen and oxygen atoms in total. The van der Waals surface area contributed by atoms with Crippen LogP contribution in [0, 0.1) is 0 Å². The molecule has 3 heterocycles. The van der Waals surface area contributed by atoms with E-state index in [9.17, 15) is 0 Å². The Balaban J connectivity index is 1.32. The van der Waals surface area contributed by atoms with Crippen molar-refractivity contribution in [2.24, 2.45) is 0 Å². The van der Waals surface area contributed by atoms with Crippen LogP contribution in [0.25, 0.3) is 99.3 Å². The van der Waals surface area contributed by atoms with E-state index < -0.39 is 0 Å². The molecule has 0 bridgehead atoms. The van der Waals surface area contributed by atoms with Crippen LogP contribution in [0.4, 0.5) is 0 Å². The number of rotatable bonds is 4. The van der Waals surface area contributed by atoms with Gasteiger partial charge in [0.15, 0.2) is 5.82 Å². The molecule has 0 unspecified atom stereocenters. The molecule has 242 valence electrons. The Bertz CT molecular complexity index is 3160. The largest absolute Gasteiger partial charge is 0.309 e. The molecule has 0 amide bonds. The molecule has 52 heavy (non-hydrogen) atoms. The minimum absolute atomic E-state index is 0.813. The van der Waals surface area contributed by atoms with Gasteiger partial charge in [0, 0.05) is 32.8 Å². The standard InChI is InChI=1S/C48H30N4/c1-4-14-31(15-5-1)35-24-25-43-37(27-35)39-29-40-38-26-33-18-10-11-19-34(33)28-44(38)52(46(40)30-45(39)51(43)36-20-8-3-9-21-36)48-47(32-16-6-2-7-17-32)49-41-22-12-13-23-42(41)50-48/h1-30H. The second kappa shape index (κ2) is 11.2. The van der Waals surface area contributed by atoms with Crippen molar-refractivity contribution in [3.05, 3.63) is 182 Å². The lowest BCUT2D eigenvalue weighted by Gasteiger charge is -2.14. The highest BCUT2D eigenvalue weighted by molar-refractivity contribution is 6.21. The molecule has 0 aliphatic rings. The van der Waals surface area contributed by atoms with Crippen LogP contribution < -0.4 is 0 Å². The number of nitrogens with zero attached hydrogens (tertiary/aromatic N) is 4. The molecule has 0 N–H and O–H groups in total. The lowest BCUT2D eigenvalue weighted by molar-refractivity contribution is 1.08. The number of benzene rings is 8. The zero-order valence-corrected chi connectivity index (χ0v) is 28.1. The van der Waals surface area contributed by atoms with Crippen LogP contribution in [0.5, 0.6) is 0 Å². The van der Waals surface area contributed by atoms with Gasteiger partial charge >= 0.3 is 0 Å². The van der Waals surface area contributed by atoms with Crippen LogP contribution in [-0.4, -0.2) is 19.1 Å². The van der Waals surface area contributed by atoms with Gasteiger partial charge in [0.2, 0.25) is 0 Å². The third-order valence-corrected chi connectivity index (χ3v) is 10.5.